The highest BCUT2D eigenvalue weighted by Crippen LogP contribution is 2.21. The Balaban J connectivity index is 2.52. The molecule has 88 valence electrons. The van der Waals surface area contributed by atoms with Gasteiger partial charge in [-0.3, -0.25) is 4.79 Å². The Bertz CT molecular complexity index is 540. The van der Waals surface area contributed by atoms with Gasteiger partial charge in [0.25, 0.3) is 0 Å². The van der Waals surface area contributed by atoms with Gasteiger partial charge in [-0.25, -0.2) is 0 Å². The van der Waals surface area contributed by atoms with Crippen molar-refractivity contribution in [3.63, 3.8) is 0 Å². The van der Waals surface area contributed by atoms with Crippen molar-refractivity contribution in [2.24, 2.45) is 11.7 Å². The van der Waals surface area contributed by atoms with E-state index >= 15 is 0 Å². The standard InChI is InChI=1S/C15H17NO/c1-10(11(2)16)15(17)14-9-5-7-12-6-3-4-8-13(12)14/h3-11H,16H2,1-2H3. The first-order chi connectivity index (χ1) is 8.11. The third-order valence-electron chi connectivity index (χ3n) is 3.26. The van der Waals surface area contributed by atoms with Crippen LogP contribution in [0.1, 0.15) is 24.2 Å². The second-order valence-corrected chi connectivity index (χ2v) is 4.54. The summed E-state index contributed by atoms with van der Waals surface area (Å²) < 4.78 is 0. The fourth-order valence-corrected chi connectivity index (χ4v) is 1.92. The van der Waals surface area contributed by atoms with Crippen LogP contribution in [-0.2, 0) is 0 Å². The van der Waals surface area contributed by atoms with Gasteiger partial charge in [0.15, 0.2) is 5.78 Å². The number of fused-ring (bicyclic) bond motifs is 1. The minimum absolute atomic E-state index is 0.122. The summed E-state index contributed by atoms with van der Waals surface area (Å²) in [4.78, 5) is 12.3. The van der Waals surface area contributed by atoms with E-state index in [0.29, 0.717) is 0 Å². The molecule has 0 heterocycles. The fraction of sp³-hybridized carbons (Fsp3) is 0.267. The largest absolute Gasteiger partial charge is 0.327 e. The molecule has 2 heteroatoms. The fourth-order valence-electron chi connectivity index (χ4n) is 1.92. The molecule has 0 radical (unpaired) electrons. The molecule has 0 amide bonds. The highest BCUT2D eigenvalue weighted by Gasteiger charge is 2.20. The molecule has 2 aromatic carbocycles. The first kappa shape index (κ1) is 11.8. The molecule has 2 atom stereocenters. The topological polar surface area (TPSA) is 43.1 Å². The second-order valence-electron chi connectivity index (χ2n) is 4.54. The van der Waals surface area contributed by atoms with Crippen LogP contribution >= 0.6 is 0 Å². The molecule has 0 aliphatic rings. The molecule has 2 N–H and O–H groups in total. The molecule has 17 heavy (non-hydrogen) atoms. The lowest BCUT2D eigenvalue weighted by Gasteiger charge is -2.15. The van der Waals surface area contributed by atoms with Crippen molar-refractivity contribution < 1.29 is 4.79 Å². The van der Waals surface area contributed by atoms with Gasteiger partial charge in [0.2, 0.25) is 0 Å². The van der Waals surface area contributed by atoms with Gasteiger partial charge in [0, 0.05) is 17.5 Å². The number of Topliss-reactive ketones (excluding diaryl/α,β-unsaturated/α-hetero) is 1. The summed E-state index contributed by atoms with van der Waals surface area (Å²) in [5.41, 5.74) is 6.57. The van der Waals surface area contributed by atoms with Crippen LogP contribution in [0.5, 0.6) is 0 Å². The number of hydrogen-bond donors (Lipinski definition) is 1. The first-order valence-corrected chi connectivity index (χ1v) is 5.89. The van der Waals surface area contributed by atoms with E-state index in [1.54, 1.807) is 0 Å². The molecule has 0 aliphatic heterocycles. The van der Waals surface area contributed by atoms with Crippen LogP contribution in [0.25, 0.3) is 10.8 Å². The van der Waals surface area contributed by atoms with Gasteiger partial charge in [0.1, 0.15) is 0 Å². The number of hydrogen-bond acceptors (Lipinski definition) is 2. The first-order valence-electron chi connectivity index (χ1n) is 5.89. The zero-order valence-corrected chi connectivity index (χ0v) is 10.2. The molecule has 0 saturated carbocycles. The average molecular weight is 227 g/mol. The SMILES string of the molecule is CC(N)C(C)C(=O)c1cccc2ccccc12. The Morgan fingerprint density at radius 2 is 1.71 bits per heavy atom. The summed E-state index contributed by atoms with van der Waals surface area (Å²) in [6.07, 6.45) is 0. The van der Waals surface area contributed by atoms with E-state index in [2.05, 4.69) is 0 Å². The van der Waals surface area contributed by atoms with E-state index in [-0.39, 0.29) is 17.7 Å². The lowest BCUT2D eigenvalue weighted by molar-refractivity contribution is 0.0919. The van der Waals surface area contributed by atoms with Gasteiger partial charge >= 0.3 is 0 Å². The van der Waals surface area contributed by atoms with Gasteiger partial charge in [0.05, 0.1) is 0 Å². The molecule has 2 nitrogen and oxygen atoms in total. The molecule has 2 unspecified atom stereocenters. The Morgan fingerprint density at radius 3 is 2.41 bits per heavy atom. The van der Waals surface area contributed by atoms with Crippen molar-refractivity contribution in [1.29, 1.82) is 0 Å². The highest BCUT2D eigenvalue weighted by atomic mass is 16.1. The van der Waals surface area contributed by atoms with E-state index in [9.17, 15) is 4.79 Å². The van der Waals surface area contributed by atoms with Gasteiger partial charge in [-0.2, -0.15) is 0 Å². The van der Waals surface area contributed by atoms with Crippen molar-refractivity contribution in [2.75, 3.05) is 0 Å². The Morgan fingerprint density at radius 1 is 1.06 bits per heavy atom. The predicted octanol–water partition coefficient (Wildman–Crippen LogP) is 3.01. The van der Waals surface area contributed by atoms with E-state index < -0.39 is 0 Å². The zero-order chi connectivity index (χ0) is 12.4. The minimum Gasteiger partial charge on any atom is -0.327 e. The summed E-state index contributed by atoms with van der Waals surface area (Å²) >= 11 is 0. The molecule has 0 saturated heterocycles. The lowest BCUT2D eigenvalue weighted by Crippen LogP contribution is -2.30. The van der Waals surface area contributed by atoms with Gasteiger partial charge in [-0.1, -0.05) is 49.4 Å². The van der Waals surface area contributed by atoms with Crippen molar-refractivity contribution in [2.45, 2.75) is 19.9 Å². The third-order valence-corrected chi connectivity index (χ3v) is 3.26. The van der Waals surface area contributed by atoms with Crippen LogP contribution in [0.3, 0.4) is 0 Å². The number of rotatable bonds is 3. The Labute approximate surface area is 101 Å². The molecule has 2 aromatic rings. The molecule has 0 fully saturated rings. The second kappa shape index (κ2) is 4.68. The Hall–Kier alpha value is -1.67. The number of ketones is 1. The number of benzene rings is 2. The van der Waals surface area contributed by atoms with Crippen molar-refractivity contribution in [3.05, 3.63) is 48.0 Å². The summed E-state index contributed by atoms with van der Waals surface area (Å²) in [6.45, 7) is 3.75. The van der Waals surface area contributed by atoms with Gasteiger partial charge in [-0.05, 0) is 17.7 Å². The average Bonchev–Trinajstić information content (AvgIpc) is 2.36. The van der Waals surface area contributed by atoms with Crippen LogP contribution in [0.2, 0.25) is 0 Å². The summed E-state index contributed by atoms with van der Waals surface area (Å²) in [6, 6.07) is 13.6. The maximum Gasteiger partial charge on any atom is 0.167 e. The molecule has 0 aliphatic carbocycles. The third kappa shape index (κ3) is 2.22. The quantitative estimate of drug-likeness (QED) is 0.819. The van der Waals surface area contributed by atoms with Crippen LogP contribution in [-0.4, -0.2) is 11.8 Å². The van der Waals surface area contributed by atoms with Crippen LogP contribution in [0, 0.1) is 5.92 Å². The molecular formula is C15H17NO. The van der Waals surface area contributed by atoms with Crippen LogP contribution in [0.15, 0.2) is 42.5 Å². The van der Waals surface area contributed by atoms with E-state index in [1.165, 1.54) is 0 Å². The van der Waals surface area contributed by atoms with Crippen molar-refractivity contribution in [1.82, 2.24) is 0 Å². The summed E-state index contributed by atoms with van der Waals surface area (Å²) in [5, 5.41) is 2.10. The van der Waals surface area contributed by atoms with Gasteiger partial charge in [-0.15, -0.1) is 0 Å². The van der Waals surface area contributed by atoms with Crippen LogP contribution in [0.4, 0.5) is 0 Å². The number of carbonyl (C=O) groups excluding carboxylic acids is 1. The molecule has 0 bridgehead atoms. The number of carbonyl (C=O) groups is 1. The maximum atomic E-state index is 12.3. The summed E-state index contributed by atoms with van der Waals surface area (Å²) in [7, 11) is 0. The molecule has 0 spiro atoms. The molecule has 0 aromatic heterocycles. The number of nitrogens with two attached hydrogens (primary N) is 1. The predicted molar refractivity (Wildman–Crippen MR) is 71.1 cm³/mol. The Kier molecular flexibility index (Phi) is 3.25. The molecule has 2 rings (SSSR count). The minimum atomic E-state index is -0.152. The monoisotopic (exact) mass is 227 g/mol. The molecular weight excluding hydrogens is 210 g/mol. The van der Waals surface area contributed by atoms with E-state index in [0.717, 1.165) is 16.3 Å². The van der Waals surface area contributed by atoms with Gasteiger partial charge < -0.3 is 5.73 Å². The van der Waals surface area contributed by atoms with E-state index in [4.69, 9.17) is 5.73 Å². The highest BCUT2D eigenvalue weighted by molar-refractivity contribution is 6.09. The van der Waals surface area contributed by atoms with E-state index in [1.807, 2.05) is 56.3 Å². The lowest BCUT2D eigenvalue weighted by atomic mass is 9.91. The normalized spacial score (nSPS) is 14.5. The van der Waals surface area contributed by atoms with Crippen molar-refractivity contribution in [3.8, 4) is 0 Å². The van der Waals surface area contributed by atoms with Crippen molar-refractivity contribution >= 4 is 16.6 Å². The maximum absolute atomic E-state index is 12.3. The summed E-state index contributed by atoms with van der Waals surface area (Å²) in [5.74, 6) is -0.0300. The van der Waals surface area contributed by atoms with Crippen LogP contribution < -0.4 is 5.73 Å². The smallest absolute Gasteiger partial charge is 0.167 e. The zero-order valence-electron chi connectivity index (χ0n) is 10.2.